The Hall–Kier alpha value is -1.05. The first-order chi connectivity index (χ1) is 11.5. The topological polar surface area (TPSA) is 63.7 Å². The highest BCUT2D eigenvalue weighted by Gasteiger charge is 2.39. The van der Waals surface area contributed by atoms with Crippen LogP contribution < -0.4 is 0 Å². The molecule has 2 aliphatic heterocycles. The largest absolute Gasteiger partial charge is 0.460 e. The molecule has 0 amide bonds. The lowest BCUT2D eigenvalue weighted by molar-refractivity contribution is -0.153. The summed E-state index contributed by atoms with van der Waals surface area (Å²) in [6.07, 6.45) is 2.93. The standard InChI is InChI=1S/C17H23NO4S2/c1-13-5-7-15(8-6-13)24(20,21)18-10-3-2-4-16(18)17(19)22-14-9-11-23-12-14/h5-8,14,16H,2-4,9-12H2,1H3/t14-,16-/m1/s1. The van der Waals surface area contributed by atoms with Crippen LogP contribution in [0.15, 0.2) is 29.2 Å². The first kappa shape index (κ1) is 17.8. The van der Waals surface area contributed by atoms with Crippen LogP contribution in [0, 0.1) is 6.92 Å². The molecule has 2 atom stereocenters. The van der Waals surface area contributed by atoms with E-state index in [4.69, 9.17) is 4.74 Å². The van der Waals surface area contributed by atoms with Gasteiger partial charge in [0.15, 0.2) is 0 Å². The second-order valence-corrected chi connectivity index (χ2v) is 9.40. The maximum Gasteiger partial charge on any atom is 0.324 e. The van der Waals surface area contributed by atoms with Crippen LogP contribution in [0.1, 0.15) is 31.2 Å². The SMILES string of the molecule is Cc1ccc(S(=O)(=O)N2CCCC[C@@H]2C(=O)O[C@@H]2CCSC2)cc1. The van der Waals surface area contributed by atoms with Gasteiger partial charge in [0.25, 0.3) is 0 Å². The summed E-state index contributed by atoms with van der Waals surface area (Å²) < 4.78 is 32.8. The van der Waals surface area contributed by atoms with Crippen LogP contribution in [0.4, 0.5) is 0 Å². The average molecular weight is 370 g/mol. The Balaban J connectivity index is 1.80. The number of thioether (sulfide) groups is 1. The van der Waals surface area contributed by atoms with Crippen LogP contribution in [-0.2, 0) is 19.6 Å². The van der Waals surface area contributed by atoms with Crippen molar-refractivity contribution in [3.8, 4) is 0 Å². The fourth-order valence-corrected chi connectivity index (χ4v) is 5.86. The van der Waals surface area contributed by atoms with Crippen LogP contribution in [0.3, 0.4) is 0 Å². The van der Waals surface area contributed by atoms with E-state index in [1.165, 1.54) is 4.31 Å². The van der Waals surface area contributed by atoms with Crippen LogP contribution >= 0.6 is 11.8 Å². The lowest BCUT2D eigenvalue weighted by Crippen LogP contribution is -2.49. The number of ether oxygens (including phenoxy) is 1. The predicted molar refractivity (Wildman–Crippen MR) is 94.5 cm³/mol. The molecular weight excluding hydrogens is 346 g/mol. The van der Waals surface area contributed by atoms with E-state index in [2.05, 4.69) is 0 Å². The average Bonchev–Trinajstić information content (AvgIpc) is 3.08. The first-order valence-electron chi connectivity index (χ1n) is 8.35. The number of carbonyl (C=O) groups excluding carboxylic acids is 1. The van der Waals surface area contributed by atoms with Gasteiger partial charge in [-0.3, -0.25) is 4.79 Å². The van der Waals surface area contributed by atoms with Crippen molar-refractivity contribution in [1.82, 2.24) is 4.31 Å². The van der Waals surface area contributed by atoms with Gasteiger partial charge in [0.05, 0.1) is 4.90 Å². The third-order valence-electron chi connectivity index (χ3n) is 4.52. The molecule has 0 aromatic heterocycles. The summed E-state index contributed by atoms with van der Waals surface area (Å²) in [5, 5.41) is 0. The number of hydrogen-bond donors (Lipinski definition) is 0. The van der Waals surface area contributed by atoms with Crippen molar-refractivity contribution in [2.45, 2.75) is 49.6 Å². The molecule has 0 bridgehead atoms. The number of benzene rings is 1. The number of hydrogen-bond acceptors (Lipinski definition) is 5. The summed E-state index contributed by atoms with van der Waals surface area (Å²) in [6.45, 7) is 2.28. The highest BCUT2D eigenvalue weighted by Crippen LogP contribution is 2.28. The summed E-state index contributed by atoms with van der Waals surface area (Å²) in [5.41, 5.74) is 1.00. The molecule has 2 heterocycles. The van der Waals surface area contributed by atoms with E-state index in [0.29, 0.717) is 13.0 Å². The van der Waals surface area contributed by atoms with Crippen molar-refractivity contribution in [3.05, 3.63) is 29.8 Å². The van der Waals surface area contributed by atoms with Crippen molar-refractivity contribution in [2.24, 2.45) is 0 Å². The molecule has 132 valence electrons. The van der Waals surface area contributed by atoms with Crippen molar-refractivity contribution >= 4 is 27.8 Å². The predicted octanol–water partition coefficient (Wildman–Crippen LogP) is 2.59. The van der Waals surface area contributed by atoms with E-state index in [0.717, 1.165) is 36.3 Å². The molecular formula is C17H23NO4S2. The van der Waals surface area contributed by atoms with Crippen molar-refractivity contribution < 1.29 is 17.9 Å². The zero-order valence-electron chi connectivity index (χ0n) is 13.8. The second-order valence-electron chi connectivity index (χ2n) is 6.36. The van der Waals surface area contributed by atoms with Crippen LogP contribution in [0.2, 0.25) is 0 Å². The lowest BCUT2D eigenvalue weighted by Gasteiger charge is -2.33. The van der Waals surface area contributed by atoms with Gasteiger partial charge in [0.2, 0.25) is 10.0 Å². The van der Waals surface area contributed by atoms with Gasteiger partial charge in [-0.2, -0.15) is 16.1 Å². The van der Waals surface area contributed by atoms with E-state index in [1.54, 1.807) is 36.0 Å². The Morgan fingerprint density at radius 1 is 1.21 bits per heavy atom. The Morgan fingerprint density at radius 2 is 1.96 bits per heavy atom. The maximum absolute atomic E-state index is 13.0. The molecule has 1 aromatic carbocycles. The summed E-state index contributed by atoms with van der Waals surface area (Å²) in [4.78, 5) is 12.8. The normalized spacial score (nSPS) is 25.5. The molecule has 2 saturated heterocycles. The van der Waals surface area contributed by atoms with Gasteiger partial charge in [-0.05, 0) is 50.5 Å². The molecule has 0 N–H and O–H groups in total. The van der Waals surface area contributed by atoms with Crippen LogP contribution in [0.25, 0.3) is 0 Å². The van der Waals surface area contributed by atoms with Gasteiger partial charge in [-0.1, -0.05) is 17.7 Å². The van der Waals surface area contributed by atoms with Crippen molar-refractivity contribution in [3.63, 3.8) is 0 Å². The summed E-state index contributed by atoms with van der Waals surface area (Å²) >= 11 is 1.77. The molecule has 5 nitrogen and oxygen atoms in total. The Bertz CT molecular complexity index is 681. The zero-order valence-corrected chi connectivity index (χ0v) is 15.4. The van der Waals surface area contributed by atoms with Crippen molar-refractivity contribution in [2.75, 3.05) is 18.1 Å². The number of aryl methyl sites for hydroxylation is 1. The smallest absolute Gasteiger partial charge is 0.324 e. The molecule has 2 aliphatic rings. The number of rotatable bonds is 4. The third-order valence-corrected chi connectivity index (χ3v) is 7.58. The van der Waals surface area contributed by atoms with E-state index in [9.17, 15) is 13.2 Å². The fourth-order valence-electron chi connectivity index (χ4n) is 3.12. The number of carbonyl (C=O) groups is 1. The highest BCUT2D eigenvalue weighted by molar-refractivity contribution is 7.99. The number of esters is 1. The number of piperidine rings is 1. The molecule has 0 aliphatic carbocycles. The fraction of sp³-hybridized carbons (Fsp3) is 0.588. The molecule has 0 spiro atoms. The molecule has 3 rings (SSSR count). The summed E-state index contributed by atoms with van der Waals surface area (Å²) in [5.74, 6) is 1.41. The van der Waals surface area contributed by atoms with E-state index in [1.807, 2.05) is 6.92 Å². The third kappa shape index (κ3) is 3.78. The van der Waals surface area contributed by atoms with E-state index < -0.39 is 22.0 Å². The maximum atomic E-state index is 13.0. The molecule has 24 heavy (non-hydrogen) atoms. The molecule has 0 radical (unpaired) electrons. The van der Waals surface area contributed by atoms with Crippen molar-refractivity contribution in [1.29, 1.82) is 0 Å². The first-order valence-corrected chi connectivity index (χ1v) is 10.9. The minimum Gasteiger partial charge on any atom is -0.460 e. The van der Waals surface area contributed by atoms with Crippen LogP contribution in [0.5, 0.6) is 0 Å². The Kier molecular flexibility index (Phi) is 5.52. The molecule has 0 saturated carbocycles. The van der Waals surface area contributed by atoms with Gasteiger partial charge in [0, 0.05) is 12.3 Å². The molecule has 2 fully saturated rings. The van der Waals surface area contributed by atoms with Gasteiger partial charge in [-0.25, -0.2) is 8.42 Å². The zero-order chi connectivity index (χ0) is 17.2. The van der Waals surface area contributed by atoms with Gasteiger partial charge in [-0.15, -0.1) is 0 Å². The Morgan fingerprint density at radius 3 is 2.62 bits per heavy atom. The number of sulfonamides is 1. The monoisotopic (exact) mass is 369 g/mol. The summed E-state index contributed by atoms with van der Waals surface area (Å²) in [7, 11) is -3.68. The van der Waals surface area contributed by atoms with Gasteiger partial charge < -0.3 is 4.74 Å². The highest BCUT2D eigenvalue weighted by atomic mass is 32.2. The van der Waals surface area contributed by atoms with E-state index >= 15 is 0 Å². The molecule has 0 unspecified atom stereocenters. The Labute approximate surface area is 147 Å². The second kappa shape index (κ2) is 7.45. The lowest BCUT2D eigenvalue weighted by atomic mass is 10.1. The summed E-state index contributed by atoms with van der Waals surface area (Å²) in [6, 6.07) is 6.07. The quantitative estimate of drug-likeness (QED) is 0.764. The minimum absolute atomic E-state index is 0.0756. The van der Waals surface area contributed by atoms with E-state index in [-0.39, 0.29) is 11.0 Å². The molecule has 7 heteroatoms. The van der Waals surface area contributed by atoms with Gasteiger partial charge >= 0.3 is 5.97 Å². The van der Waals surface area contributed by atoms with Crippen LogP contribution in [-0.4, -0.2) is 48.9 Å². The van der Waals surface area contributed by atoms with Gasteiger partial charge in [0.1, 0.15) is 12.1 Å². The number of nitrogens with zero attached hydrogens (tertiary/aromatic N) is 1. The molecule has 1 aromatic rings. The minimum atomic E-state index is -3.68.